The summed E-state index contributed by atoms with van der Waals surface area (Å²) in [7, 11) is 1.82. The van der Waals surface area contributed by atoms with Gasteiger partial charge in [-0.05, 0) is 36.6 Å². The van der Waals surface area contributed by atoms with E-state index in [4.69, 9.17) is 0 Å². The van der Waals surface area contributed by atoms with E-state index in [2.05, 4.69) is 0 Å². The Morgan fingerprint density at radius 2 is 1.93 bits per heavy atom. The lowest BCUT2D eigenvalue weighted by molar-refractivity contribution is -0.137. The van der Waals surface area contributed by atoms with Crippen LogP contribution in [-0.4, -0.2) is 13.6 Å². The van der Waals surface area contributed by atoms with Crippen LogP contribution in [0, 0.1) is 6.92 Å². The molecule has 0 N–H and O–H groups in total. The number of hydrogen-bond donors (Lipinski definition) is 0. The molecule has 0 unspecified atom stereocenters. The molecular formula is C11H12F3N. The van der Waals surface area contributed by atoms with Crippen molar-refractivity contribution >= 4 is 5.69 Å². The highest BCUT2D eigenvalue weighted by atomic mass is 19.4. The number of benzene rings is 1. The molecule has 1 aromatic rings. The SMILES string of the molecule is Cc1cc(C(F)(F)F)cc2c1CCN2C. The van der Waals surface area contributed by atoms with E-state index >= 15 is 0 Å². The molecular weight excluding hydrogens is 203 g/mol. The monoisotopic (exact) mass is 215 g/mol. The molecule has 0 aromatic heterocycles. The maximum Gasteiger partial charge on any atom is 0.416 e. The first-order chi connectivity index (χ1) is 6.89. The van der Waals surface area contributed by atoms with Gasteiger partial charge in [0.25, 0.3) is 0 Å². The van der Waals surface area contributed by atoms with Crippen molar-refractivity contribution < 1.29 is 13.2 Å². The number of halogens is 3. The third kappa shape index (κ3) is 1.68. The molecule has 0 saturated carbocycles. The molecule has 2 rings (SSSR count). The maximum atomic E-state index is 12.5. The molecule has 1 aliphatic rings. The molecule has 15 heavy (non-hydrogen) atoms. The molecule has 82 valence electrons. The second kappa shape index (κ2) is 3.15. The third-order valence-corrected chi connectivity index (χ3v) is 2.89. The van der Waals surface area contributed by atoms with Crippen LogP contribution in [0.5, 0.6) is 0 Å². The van der Waals surface area contributed by atoms with Gasteiger partial charge in [-0.1, -0.05) is 0 Å². The Bertz CT molecular complexity index is 396. The Morgan fingerprint density at radius 3 is 2.53 bits per heavy atom. The fraction of sp³-hybridized carbons (Fsp3) is 0.455. The third-order valence-electron chi connectivity index (χ3n) is 2.89. The van der Waals surface area contributed by atoms with Crippen molar-refractivity contribution in [2.24, 2.45) is 0 Å². The summed E-state index contributed by atoms with van der Waals surface area (Å²) in [6.07, 6.45) is -3.40. The van der Waals surface area contributed by atoms with E-state index in [0.717, 1.165) is 29.8 Å². The van der Waals surface area contributed by atoms with E-state index in [1.165, 1.54) is 12.1 Å². The number of hydrogen-bond acceptors (Lipinski definition) is 1. The van der Waals surface area contributed by atoms with Gasteiger partial charge in [-0.15, -0.1) is 0 Å². The molecule has 0 aliphatic carbocycles. The van der Waals surface area contributed by atoms with Gasteiger partial charge in [0.15, 0.2) is 0 Å². The van der Waals surface area contributed by atoms with Crippen molar-refractivity contribution in [3.8, 4) is 0 Å². The highest BCUT2D eigenvalue weighted by molar-refractivity contribution is 5.62. The van der Waals surface area contributed by atoms with Crippen LogP contribution in [0.2, 0.25) is 0 Å². The molecule has 1 nitrogen and oxygen atoms in total. The minimum absolute atomic E-state index is 0.549. The standard InChI is InChI=1S/C11H12F3N/c1-7-5-8(11(12,13)14)6-10-9(7)3-4-15(10)2/h5-6H,3-4H2,1-2H3. The average Bonchev–Trinajstić information content (AvgIpc) is 2.47. The molecule has 0 amide bonds. The summed E-state index contributed by atoms with van der Waals surface area (Å²) in [5.41, 5.74) is 1.96. The van der Waals surface area contributed by atoms with Crippen molar-refractivity contribution in [3.63, 3.8) is 0 Å². The Hall–Kier alpha value is -1.19. The highest BCUT2D eigenvalue weighted by Gasteiger charge is 2.33. The topological polar surface area (TPSA) is 3.24 Å². The number of nitrogens with zero attached hydrogens (tertiary/aromatic N) is 1. The lowest BCUT2D eigenvalue weighted by Gasteiger charge is -2.15. The van der Waals surface area contributed by atoms with Crippen LogP contribution in [0.15, 0.2) is 12.1 Å². The van der Waals surface area contributed by atoms with E-state index in [1.807, 2.05) is 11.9 Å². The van der Waals surface area contributed by atoms with Gasteiger partial charge in [0, 0.05) is 19.3 Å². The van der Waals surface area contributed by atoms with Crippen LogP contribution >= 0.6 is 0 Å². The van der Waals surface area contributed by atoms with E-state index in [0.29, 0.717) is 0 Å². The first-order valence-corrected chi connectivity index (χ1v) is 4.81. The summed E-state index contributed by atoms with van der Waals surface area (Å²) < 4.78 is 37.6. The van der Waals surface area contributed by atoms with Crippen molar-refractivity contribution in [1.82, 2.24) is 0 Å². The van der Waals surface area contributed by atoms with Gasteiger partial charge in [-0.3, -0.25) is 0 Å². The quantitative estimate of drug-likeness (QED) is 0.643. The zero-order valence-electron chi connectivity index (χ0n) is 8.65. The zero-order valence-corrected chi connectivity index (χ0v) is 8.65. The summed E-state index contributed by atoms with van der Waals surface area (Å²) >= 11 is 0. The van der Waals surface area contributed by atoms with E-state index in [-0.39, 0.29) is 0 Å². The normalized spacial score (nSPS) is 15.7. The van der Waals surface area contributed by atoms with Gasteiger partial charge in [-0.25, -0.2) is 0 Å². The van der Waals surface area contributed by atoms with Gasteiger partial charge < -0.3 is 4.90 Å². The summed E-state index contributed by atoms with van der Waals surface area (Å²) in [6.45, 7) is 2.55. The number of fused-ring (bicyclic) bond motifs is 1. The Balaban J connectivity index is 2.56. The lowest BCUT2D eigenvalue weighted by atomic mass is 10.0. The van der Waals surface area contributed by atoms with Gasteiger partial charge in [-0.2, -0.15) is 13.2 Å². The fourth-order valence-electron chi connectivity index (χ4n) is 2.03. The number of likely N-dealkylation sites (N-methyl/N-ethyl adjacent to an activating group) is 1. The molecule has 1 aliphatic heterocycles. The van der Waals surface area contributed by atoms with Gasteiger partial charge >= 0.3 is 6.18 Å². The van der Waals surface area contributed by atoms with Crippen molar-refractivity contribution in [3.05, 3.63) is 28.8 Å². The number of rotatable bonds is 0. The predicted octanol–water partition coefficient (Wildman–Crippen LogP) is 3.01. The summed E-state index contributed by atoms with van der Waals surface area (Å²) in [5, 5.41) is 0. The minimum Gasteiger partial charge on any atom is -0.374 e. The van der Waals surface area contributed by atoms with Crippen LogP contribution < -0.4 is 4.90 Å². The summed E-state index contributed by atoms with van der Waals surface area (Å²) in [4.78, 5) is 1.87. The number of alkyl halides is 3. The van der Waals surface area contributed by atoms with Crippen LogP contribution in [-0.2, 0) is 12.6 Å². The Labute approximate surface area is 86.5 Å². The molecule has 0 atom stereocenters. The predicted molar refractivity (Wildman–Crippen MR) is 53.2 cm³/mol. The van der Waals surface area contributed by atoms with Crippen molar-refractivity contribution in [2.45, 2.75) is 19.5 Å². The number of aryl methyl sites for hydroxylation is 1. The van der Waals surface area contributed by atoms with Crippen LogP contribution in [0.1, 0.15) is 16.7 Å². The molecule has 0 spiro atoms. The van der Waals surface area contributed by atoms with Crippen LogP contribution in [0.3, 0.4) is 0 Å². The largest absolute Gasteiger partial charge is 0.416 e. The summed E-state index contributed by atoms with van der Waals surface area (Å²) in [6, 6.07) is 2.48. The van der Waals surface area contributed by atoms with E-state index in [1.54, 1.807) is 6.92 Å². The second-order valence-electron chi connectivity index (χ2n) is 3.96. The van der Waals surface area contributed by atoms with Crippen LogP contribution in [0.4, 0.5) is 18.9 Å². The van der Waals surface area contributed by atoms with Crippen LogP contribution in [0.25, 0.3) is 0 Å². The Kier molecular flexibility index (Phi) is 2.17. The van der Waals surface area contributed by atoms with Gasteiger partial charge in [0.2, 0.25) is 0 Å². The van der Waals surface area contributed by atoms with Crippen molar-refractivity contribution in [2.75, 3.05) is 18.5 Å². The second-order valence-corrected chi connectivity index (χ2v) is 3.96. The maximum absolute atomic E-state index is 12.5. The first kappa shape index (κ1) is 10.3. The molecule has 0 saturated heterocycles. The molecule has 4 heteroatoms. The first-order valence-electron chi connectivity index (χ1n) is 4.81. The minimum atomic E-state index is -4.25. The average molecular weight is 215 g/mol. The molecule has 0 fully saturated rings. The highest BCUT2D eigenvalue weighted by Crippen LogP contribution is 2.37. The lowest BCUT2D eigenvalue weighted by Crippen LogP contribution is -2.13. The summed E-state index contributed by atoms with van der Waals surface area (Å²) in [5.74, 6) is 0. The van der Waals surface area contributed by atoms with E-state index in [9.17, 15) is 13.2 Å². The number of anilines is 1. The smallest absolute Gasteiger partial charge is 0.374 e. The molecule has 1 heterocycles. The van der Waals surface area contributed by atoms with E-state index < -0.39 is 11.7 Å². The molecule has 0 radical (unpaired) electrons. The van der Waals surface area contributed by atoms with Gasteiger partial charge in [0.1, 0.15) is 0 Å². The van der Waals surface area contributed by atoms with Crippen molar-refractivity contribution in [1.29, 1.82) is 0 Å². The zero-order chi connectivity index (χ0) is 11.2. The van der Waals surface area contributed by atoms with Gasteiger partial charge in [0.05, 0.1) is 5.56 Å². The fourth-order valence-corrected chi connectivity index (χ4v) is 2.03. The Morgan fingerprint density at radius 1 is 1.27 bits per heavy atom. The molecule has 1 aromatic carbocycles. The molecule has 0 bridgehead atoms.